The van der Waals surface area contributed by atoms with Crippen LogP contribution < -0.4 is 5.32 Å². The van der Waals surface area contributed by atoms with Crippen molar-refractivity contribution in [1.29, 1.82) is 0 Å². The maximum absolute atomic E-state index is 14.2. The van der Waals surface area contributed by atoms with Gasteiger partial charge in [-0.25, -0.2) is 9.18 Å². The first kappa shape index (κ1) is 16.9. The predicted octanol–water partition coefficient (Wildman–Crippen LogP) is 3.28. The molecule has 0 saturated carbocycles. The Morgan fingerprint density at radius 3 is 2.50 bits per heavy atom. The summed E-state index contributed by atoms with van der Waals surface area (Å²) in [7, 11) is 3.91. The summed E-state index contributed by atoms with van der Waals surface area (Å²) in [6.45, 7) is 4.87. The summed E-state index contributed by atoms with van der Waals surface area (Å²) in [5.41, 5.74) is 0.226. The van der Waals surface area contributed by atoms with Crippen molar-refractivity contribution in [2.45, 2.75) is 19.9 Å². The minimum atomic E-state index is -1.16. The number of hydrogen-bond acceptors (Lipinski definition) is 3. The van der Waals surface area contributed by atoms with Gasteiger partial charge in [0.1, 0.15) is 0 Å². The van der Waals surface area contributed by atoms with E-state index in [4.69, 9.17) is 5.11 Å². The van der Waals surface area contributed by atoms with Crippen molar-refractivity contribution in [1.82, 2.24) is 4.90 Å². The number of carboxylic acid groups (broad SMARTS) is 1. The van der Waals surface area contributed by atoms with Gasteiger partial charge in [0.25, 0.3) is 0 Å². The molecule has 0 amide bonds. The zero-order chi connectivity index (χ0) is 15.4. The van der Waals surface area contributed by atoms with E-state index in [1.54, 1.807) is 0 Å². The smallest absolute Gasteiger partial charge is 0.336 e. The number of benzene rings is 1. The summed E-state index contributed by atoms with van der Waals surface area (Å²) in [6, 6.07) is 2.93. The van der Waals surface area contributed by atoms with Crippen molar-refractivity contribution < 1.29 is 14.3 Å². The Bertz CT molecular complexity index is 492. The lowest BCUT2D eigenvalue weighted by atomic mass is 10.0. The normalized spacial score (nSPS) is 12.8. The average molecular weight is 347 g/mol. The quantitative estimate of drug-likeness (QED) is 0.829. The lowest BCUT2D eigenvalue weighted by Gasteiger charge is -2.27. The highest BCUT2D eigenvalue weighted by Gasteiger charge is 2.20. The van der Waals surface area contributed by atoms with Gasteiger partial charge >= 0.3 is 5.97 Å². The van der Waals surface area contributed by atoms with E-state index in [-0.39, 0.29) is 16.1 Å². The molecule has 0 fully saturated rings. The number of carbonyl (C=O) groups is 1. The van der Waals surface area contributed by atoms with Crippen molar-refractivity contribution >= 4 is 27.6 Å². The number of halogens is 2. The number of hydrogen-bond donors (Lipinski definition) is 2. The third kappa shape index (κ3) is 4.18. The maximum Gasteiger partial charge on any atom is 0.336 e. The maximum atomic E-state index is 14.2. The number of rotatable bonds is 6. The van der Waals surface area contributed by atoms with E-state index < -0.39 is 11.8 Å². The van der Waals surface area contributed by atoms with Crippen molar-refractivity contribution in [2.24, 2.45) is 5.92 Å². The van der Waals surface area contributed by atoms with Gasteiger partial charge in [-0.15, -0.1) is 0 Å². The molecular weight excluding hydrogens is 327 g/mol. The number of carboxylic acids is 1. The number of aromatic carboxylic acids is 1. The molecule has 20 heavy (non-hydrogen) atoms. The molecule has 112 valence electrons. The molecule has 1 aromatic rings. The molecule has 0 radical (unpaired) electrons. The second-order valence-electron chi connectivity index (χ2n) is 5.35. The van der Waals surface area contributed by atoms with Crippen molar-refractivity contribution in [3.05, 3.63) is 28.0 Å². The van der Waals surface area contributed by atoms with Crippen molar-refractivity contribution in [2.75, 3.05) is 26.0 Å². The summed E-state index contributed by atoms with van der Waals surface area (Å²) in [5, 5.41) is 12.1. The average Bonchev–Trinajstić information content (AvgIpc) is 2.32. The predicted molar refractivity (Wildman–Crippen MR) is 81.9 cm³/mol. The van der Waals surface area contributed by atoms with Crippen LogP contribution in [-0.4, -0.2) is 42.7 Å². The summed E-state index contributed by atoms with van der Waals surface area (Å²) in [4.78, 5) is 13.0. The third-order valence-electron chi connectivity index (χ3n) is 3.02. The van der Waals surface area contributed by atoms with Crippen LogP contribution in [0, 0.1) is 11.7 Å². The van der Waals surface area contributed by atoms with Gasteiger partial charge in [-0.3, -0.25) is 0 Å². The summed E-state index contributed by atoms with van der Waals surface area (Å²) >= 11 is 3.00. The summed E-state index contributed by atoms with van der Waals surface area (Å²) in [5.74, 6) is -1.42. The Hall–Kier alpha value is -1.14. The molecule has 0 heterocycles. The Kier molecular flexibility index (Phi) is 5.95. The van der Waals surface area contributed by atoms with Crippen LogP contribution in [0.15, 0.2) is 16.6 Å². The largest absolute Gasteiger partial charge is 0.478 e. The van der Waals surface area contributed by atoms with Crippen LogP contribution in [0.2, 0.25) is 0 Å². The van der Waals surface area contributed by atoms with Gasteiger partial charge in [0.05, 0.1) is 15.7 Å². The van der Waals surface area contributed by atoms with Gasteiger partial charge in [0.2, 0.25) is 0 Å². The molecular formula is C14H20BrFN2O2. The first-order valence-electron chi connectivity index (χ1n) is 6.36. The van der Waals surface area contributed by atoms with Gasteiger partial charge in [0.15, 0.2) is 5.82 Å². The minimum absolute atomic E-state index is 0.0256. The second kappa shape index (κ2) is 7.04. The zero-order valence-electron chi connectivity index (χ0n) is 12.1. The molecule has 1 atom stereocenters. The minimum Gasteiger partial charge on any atom is -0.478 e. The van der Waals surface area contributed by atoms with E-state index in [1.165, 1.54) is 12.1 Å². The molecule has 0 aromatic heterocycles. The lowest BCUT2D eigenvalue weighted by molar-refractivity contribution is 0.0695. The second-order valence-corrected chi connectivity index (χ2v) is 6.14. The van der Waals surface area contributed by atoms with E-state index in [2.05, 4.69) is 35.1 Å². The first-order chi connectivity index (χ1) is 9.23. The van der Waals surface area contributed by atoms with E-state index in [9.17, 15) is 9.18 Å². The Balaban J connectivity index is 3.02. The molecule has 0 aliphatic heterocycles. The van der Waals surface area contributed by atoms with Crippen LogP contribution in [0.25, 0.3) is 0 Å². The Morgan fingerprint density at radius 2 is 2.05 bits per heavy atom. The van der Waals surface area contributed by atoms with Gasteiger partial charge in [0, 0.05) is 12.6 Å². The Labute approximate surface area is 127 Å². The SMILES string of the molecule is CC(C)C(CN(C)C)Nc1ccc(C(=O)O)c(Br)c1F. The van der Waals surface area contributed by atoms with Crippen LogP contribution in [0.3, 0.4) is 0 Å². The molecule has 1 unspecified atom stereocenters. The number of likely N-dealkylation sites (N-methyl/N-ethyl adjacent to an activating group) is 1. The van der Waals surface area contributed by atoms with Gasteiger partial charge in [-0.2, -0.15) is 0 Å². The van der Waals surface area contributed by atoms with Crippen LogP contribution in [0.4, 0.5) is 10.1 Å². The van der Waals surface area contributed by atoms with E-state index >= 15 is 0 Å². The fourth-order valence-electron chi connectivity index (χ4n) is 1.84. The van der Waals surface area contributed by atoms with Crippen molar-refractivity contribution in [3.8, 4) is 0 Å². The topological polar surface area (TPSA) is 52.6 Å². The zero-order valence-corrected chi connectivity index (χ0v) is 13.7. The molecule has 4 nitrogen and oxygen atoms in total. The molecule has 0 saturated heterocycles. The van der Waals surface area contributed by atoms with Crippen LogP contribution in [-0.2, 0) is 0 Å². The molecule has 0 aliphatic carbocycles. The summed E-state index contributed by atoms with van der Waals surface area (Å²) < 4.78 is 14.2. The molecule has 0 spiro atoms. The monoisotopic (exact) mass is 346 g/mol. The highest BCUT2D eigenvalue weighted by Crippen LogP contribution is 2.28. The highest BCUT2D eigenvalue weighted by atomic mass is 79.9. The number of nitrogens with zero attached hydrogens (tertiary/aromatic N) is 1. The summed E-state index contributed by atoms with van der Waals surface area (Å²) in [6.07, 6.45) is 0. The first-order valence-corrected chi connectivity index (χ1v) is 7.15. The van der Waals surface area contributed by atoms with Gasteiger partial charge in [-0.1, -0.05) is 13.8 Å². The molecule has 1 rings (SSSR count). The van der Waals surface area contributed by atoms with Gasteiger partial charge < -0.3 is 15.3 Å². The van der Waals surface area contributed by atoms with Crippen LogP contribution >= 0.6 is 15.9 Å². The highest BCUT2D eigenvalue weighted by molar-refractivity contribution is 9.10. The van der Waals surface area contributed by atoms with Crippen LogP contribution in [0.1, 0.15) is 24.2 Å². The van der Waals surface area contributed by atoms with E-state index in [0.29, 0.717) is 11.6 Å². The van der Waals surface area contributed by atoms with E-state index in [1.807, 2.05) is 19.0 Å². The Morgan fingerprint density at radius 1 is 1.45 bits per heavy atom. The molecule has 0 aliphatic rings. The fourth-order valence-corrected chi connectivity index (χ4v) is 2.36. The molecule has 6 heteroatoms. The van der Waals surface area contributed by atoms with Gasteiger partial charge in [-0.05, 0) is 48.1 Å². The number of anilines is 1. The van der Waals surface area contributed by atoms with Crippen LogP contribution in [0.5, 0.6) is 0 Å². The standard InChI is InChI=1S/C14H20BrFN2O2/c1-8(2)11(7-18(3)4)17-10-6-5-9(14(19)20)12(15)13(10)16/h5-6,8,11,17H,7H2,1-4H3,(H,19,20). The molecule has 2 N–H and O–H groups in total. The fraction of sp³-hybridized carbons (Fsp3) is 0.500. The number of nitrogens with one attached hydrogen (secondary N) is 1. The van der Waals surface area contributed by atoms with Crippen molar-refractivity contribution in [3.63, 3.8) is 0 Å². The van der Waals surface area contributed by atoms with E-state index in [0.717, 1.165) is 6.54 Å². The molecule has 0 bridgehead atoms. The lowest BCUT2D eigenvalue weighted by Crippen LogP contribution is -2.36. The molecule has 1 aromatic carbocycles. The third-order valence-corrected chi connectivity index (χ3v) is 3.80.